The van der Waals surface area contributed by atoms with Gasteiger partial charge in [0.1, 0.15) is 5.84 Å². The van der Waals surface area contributed by atoms with Crippen LogP contribution in [0.4, 0.5) is 5.82 Å². The van der Waals surface area contributed by atoms with Gasteiger partial charge in [0.05, 0.1) is 6.20 Å². The van der Waals surface area contributed by atoms with Crippen molar-refractivity contribution in [2.24, 2.45) is 15.7 Å². The van der Waals surface area contributed by atoms with Crippen LogP contribution in [0.3, 0.4) is 0 Å². The van der Waals surface area contributed by atoms with Gasteiger partial charge in [-0.15, -0.1) is 0 Å². The van der Waals surface area contributed by atoms with Crippen molar-refractivity contribution in [2.45, 2.75) is 42.9 Å². The highest BCUT2D eigenvalue weighted by atomic mass is 35.5. The molecule has 3 rings (SSSR count). The highest BCUT2D eigenvalue weighted by molar-refractivity contribution is 7.99. The Labute approximate surface area is 191 Å². The van der Waals surface area contributed by atoms with Gasteiger partial charge in [0, 0.05) is 41.3 Å². The zero-order valence-electron chi connectivity index (χ0n) is 17.9. The summed E-state index contributed by atoms with van der Waals surface area (Å²) in [5.41, 5.74) is 8.56. The summed E-state index contributed by atoms with van der Waals surface area (Å²) in [6.07, 6.45) is 4.50. The maximum atomic E-state index is 6.39. The van der Waals surface area contributed by atoms with Crippen LogP contribution in [-0.4, -0.2) is 51.9 Å². The summed E-state index contributed by atoms with van der Waals surface area (Å²) in [6, 6.07) is 6.30. The molecule has 164 valence electrons. The maximum absolute atomic E-state index is 6.39. The summed E-state index contributed by atoms with van der Waals surface area (Å²) in [5, 5.41) is 11.7. The standard InChI is InChI=1S/C21H27ClN8S/c1-13(2)26-6-5-7-30-20(25-4)18(19(23)24-3)29-21(30)31-17-9-14(8-16(22)10-17)15-11-27-28-12-15/h8-13,26H,4-7H2,1-3H3,(H2,23,24)(H,27,28). The Balaban J connectivity index is 1.95. The highest BCUT2D eigenvalue weighted by Gasteiger charge is 2.20. The molecule has 0 amide bonds. The second-order valence-electron chi connectivity index (χ2n) is 7.21. The number of aromatic nitrogens is 4. The van der Waals surface area contributed by atoms with Gasteiger partial charge in [0.2, 0.25) is 0 Å². The number of nitrogens with two attached hydrogens (primary N) is 1. The van der Waals surface area contributed by atoms with Crippen LogP contribution in [-0.2, 0) is 6.54 Å². The third-order valence-corrected chi connectivity index (χ3v) is 5.75. The summed E-state index contributed by atoms with van der Waals surface area (Å²) in [6.45, 7) is 9.58. The van der Waals surface area contributed by atoms with Crippen molar-refractivity contribution in [3.63, 3.8) is 0 Å². The number of nitrogens with zero attached hydrogens (tertiary/aromatic N) is 5. The number of hydrogen-bond acceptors (Lipinski definition) is 6. The molecule has 10 heteroatoms. The molecule has 0 radical (unpaired) electrons. The smallest absolute Gasteiger partial charge is 0.175 e. The SMILES string of the molecule is C=Nc1c(/C(N)=N\C)nc(Sc2cc(Cl)cc(-c3cn[nH]c3)c2)n1CCCNC(C)C. The molecule has 31 heavy (non-hydrogen) atoms. The molecule has 1 aromatic carbocycles. The Morgan fingerprint density at radius 2 is 2.16 bits per heavy atom. The fourth-order valence-electron chi connectivity index (χ4n) is 3.07. The van der Waals surface area contributed by atoms with Crippen molar-refractivity contribution in [1.29, 1.82) is 0 Å². The van der Waals surface area contributed by atoms with Gasteiger partial charge in [-0.05, 0) is 43.4 Å². The van der Waals surface area contributed by atoms with Crippen molar-refractivity contribution >= 4 is 41.7 Å². The number of aromatic amines is 1. The minimum Gasteiger partial charge on any atom is -0.382 e. The van der Waals surface area contributed by atoms with Crippen molar-refractivity contribution in [3.8, 4) is 11.1 Å². The molecule has 0 aliphatic heterocycles. The van der Waals surface area contributed by atoms with E-state index in [1.54, 1.807) is 13.2 Å². The average Bonchev–Trinajstić information content (AvgIpc) is 3.38. The zero-order valence-corrected chi connectivity index (χ0v) is 19.5. The second-order valence-corrected chi connectivity index (χ2v) is 8.69. The predicted molar refractivity (Wildman–Crippen MR) is 129 cm³/mol. The lowest BCUT2D eigenvalue weighted by molar-refractivity contribution is 0.522. The Morgan fingerprint density at radius 1 is 1.35 bits per heavy atom. The number of halogens is 1. The molecule has 2 aromatic heterocycles. The third kappa shape index (κ3) is 5.75. The van der Waals surface area contributed by atoms with Crippen molar-refractivity contribution in [2.75, 3.05) is 13.6 Å². The van der Waals surface area contributed by atoms with Crippen molar-refractivity contribution in [1.82, 2.24) is 25.1 Å². The Hall–Kier alpha value is -2.62. The minimum atomic E-state index is 0.327. The van der Waals surface area contributed by atoms with E-state index in [1.165, 1.54) is 11.8 Å². The van der Waals surface area contributed by atoms with Crippen LogP contribution >= 0.6 is 23.4 Å². The third-order valence-electron chi connectivity index (χ3n) is 4.56. The van der Waals surface area contributed by atoms with Gasteiger partial charge in [-0.2, -0.15) is 5.10 Å². The van der Waals surface area contributed by atoms with E-state index in [-0.39, 0.29) is 0 Å². The molecule has 0 atom stereocenters. The lowest BCUT2D eigenvalue weighted by atomic mass is 10.1. The molecule has 0 bridgehead atoms. The number of aliphatic imine (C=N–C) groups is 2. The lowest BCUT2D eigenvalue weighted by Gasteiger charge is -2.12. The van der Waals surface area contributed by atoms with Crippen LogP contribution in [0.25, 0.3) is 11.1 Å². The zero-order chi connectivity index (χ0) is 22.4. The number of amidine groups is 1. The number of hydrogen-bond donors (Lipinski definition) is 3. The largest absolute Gasteiger partial charge is 0.382 e. The number of imidazole rings is 1. The minimum absolute atomic E-state index is 0.327. The molecule has 8 nitrogen and oxygen atoms in total. The van der Waals surface area contributed by atoms with E-state index < -0.39 is 0 Å². The molecule has 0 fully saturated rings. The molecule has 0 saturated heterocycles. The normalized spacial score (nSPS) is 12.0. The van der Waals surface area contributed by atoms with E-state index >= 15 is 0 Å². The highest BCUT2D eigenvalue weighted by Crippen LogP contribution is 2.36. The maximum Gasteiger partial charge on any atom is 0.175 e. The van der Waals surface area contributed by atoms with E-state index in [9.17, 15) is 0 Å². The topological polar surface area (TPSA) is 109 Å². The first-order chi connectivity index (χ1) is 14.9. The molecule has 3 aromatic rings. The van der Waals surface area contributed by atoms with Gasteiger partial charge in [0.15, 0.2) is 16.7 Å². The number of rotatable bonds is 10. The summed E-state index contributed by atoms with van der Waals surface area (Å²) < 4.78 is 2.03. The molecule has 0 saturated carbocycles. The molecular weight excluding hydrogens is 432 g/mol. The van der Waals surface area contributed by atoms with Gasteiger partial charge in [0.25, 0.3) is 0 Å². The number of benzene rings is 1. The van der Waals surface area contributed by atoms with Crippen LogP contribution < -0.4 is 11.1 Å². The Bertz CT molecular complexity index is 1060. The monoisotopic (exact) mass is 458 g/mol. The van der Waals surface area contributed by atoms with E-state index in [4.69, 9.17) is 22.3 Å². The van der Waals surface area contributed by atoms with Crippen molar-refractivity contribution < 1.29 is 0 Å². The predicted octanol–water partition coefficient (Wildman–Crippen LogP) is 4.13. The van der Waals surface area contributed by atoms with Gasteiger partial charge in [-0.1, -0.05) is 37.2 Å². The van der Waals surface area contributed by atoms with Crippen LogP contribution in [0, 0.1) is 0 Å². The van der Waals surface area contributed by atoms with Gasteiger partial charge in [-0.25, -0.2) is 9.98 Å². The Kier molecular flexibility index (Phi) is 7.89. The van der Waals surface area contributed by atoms with E-state index in [0.717, 1.165) is 40.7 Å². The van der Waals surface area contributed by atoms with E-state index in [0.29, 0.717) is 28.4 Å². The molecule has 0 aliphatic carbocycles. The van der Waals surface area contributed by atoms with Gasteiger partial charge in [-0.3, -0.25) is 10.1 Å². The summed E-state index contributed by atoms with van der Waals surface area (Å²) >= 11 is 7.90. The molecule has 2 heterocycles. The molecule has 4 N–H and O–H groups in total. The van der Waals surface area contributed by atoms with Crippen LogP contribution in [0.15, 0.2) is 50.6 Å². The average molecular weight is 459 g/mol. The fraction of sp³-hybridized carbons (Fsp3) is 0.333. The first kappa shape index (κ1) is 23.1. The summed E-state index contributed by atoms with van der Waals surface area (Å²) in [4.78, 5) is 14.0. The quantitative estimate of drug-likeness (QED) is 0.240. The van der Waals surface area contributed by atoms with Gasteiger partial charge < -0.3 is 15.6 Å². The Morgan fingerprint density at radius 3 is 2.81 bits per heavy atom. The summed E-state index contributed by atoms with van der Waals surface area (Å²) in [7, 11) is 1.63. The van der Waals surface area contributed by atoms with Crippen molar-refractivity contribution in [3.05, 3.63) is 41.3 Å². The first-order valence-electron chi connectivity index (χ1n) is 9.93. The van der Waals surface area contributed by atoms with Crippen LogP contribution in [0.2, 0.25) is 5.02 Å². The molecule has 0 unspecified atom stereocenters. The van der Waals surface area contributed by atoms with Crippen LogP contribution in [0.5, 0.6) is 0 Å². The lowest BCUT2D eigenvalue weighted by Crippen LogP contribution is -2.24. The molecule has 0 spiro atoms. The summed E-state index contributed by atoms with van der Waals surface area (Å²) in [5.74, 6) is 0.945. The second kappa shape index (κ2) is 10.6. The molecular formula is C21H27ClN8S. The fourth-order valence-corrected chi connectivity index (χ4v) is 4.38. The van der Waals surface area contributed by atoms with E-state index in [1.807, 2.05) is 22.9 Å². The van der Waals surface area contributed by atoms with Crippen LogP contribution in [0.1, 0.15) is 26.0 Å². The first-order valence-corrected chi connectivity index (χ1v) is 11.1. The molecule has 0 aliphatic rings. The number of nitrogens with one attached hydrogen (secondary N) is 2. The van der Waals surface area contributed by atoms with Gasteiger partial charge >= 0.3 is 0 Å². The number of H-pyrrole nitrogens is 1. The van der Waals surface area contributed by atoms with E-state index in [2.05, 4.69) is 52.1 Å².